The summed E-state index contributed by atoms with van der Waals surface area (Å²) >= 11 is 1.86. The summed E-state index contributed by atoms with van der Waals surface area (Å²) in [7, 11) is 0. The van der Waals surface area contributed by atoms with Crippen molar-refractivity contribution in [2.45, 2.75) is 0 Å². The van der Waals surface area contributed by atoms with E-state index in [1.807, 2.05) is 60.3 Å². The van der Waals surface area contributed by atoms with Crippen molar-refractivity contribution >= 4 is 119 Å². The highest BCUT2D eigenvalue weighted by atomic mass is 32.1. The van der Waals surface area contributed by atoms with Crippen LogP contribution in [0.1, 0.15) is 0 Å². The molecule has 8 aromatic heterocycles. The van der Waals surface area contributed by atoms with E-state index in [2.05, 4.69) is 496 Å². The molecule has 0 aliphatic carbocycles. The third kappa shape index (κ3) is 15.8. The van der Waals surface area contributed by atoms with Crippen molar-refractivity contribution < 1.29 is 0 Å². The SMILES string of the molecule is c1ccc(-c2ccc(-c3cccc(-c4ccnc(-c5ccc(-n6c7ccccc7c7ccccc76)cc5)n4)c3)cc2)cc1.c1ccc(-c2ccc(-c3ccnc(-n4c5ccccc5c5cc(-c6ccc7c(c6)c6ccccc6n7-c6ccccc6)ccc54)n3)cc2)cc1.c1ccc(-c2cccc(-c3ccc(-c4ccnc(-n5c6ccccc6c6ccc(-c7cccc8c7sc7ccccc78)cc65)n4)cc3)c2)cc1. The highest BCUT2D eigenvalue weighted by molar-refractivity contribution is 7.26. The molecule has 10 nitrogen and oxygen atoms in total. The van der Waals surface area contributed by atoms with Crippen LogP contribution in [-0.4, -0.2) is 48.2 Å². The molecule has 0 fully saturated rings. The minimum absolute atomic E-state index is 0.656. The lowest BCUT2D eigenvalue weighted by Crippen LogP contribution is -2.01. The van der Waals surface area contributed by atoms with Crippen molar-refractivity contribution in [2.75, 3.05) is 0 Å². The van der Waals surface area contributed by atoms with Crippen LogP contribution < -0.4 is 0 Å². The van der Waals surface area contributed by atoms with E-state index in [-0.39, 0.29) is 0 Å². The van der Waals surface area contributed by atoms with E-state index in [1.165, 1.54) is 158 Å². The Morgan fingerprint density at radius 3 is 0.965 bits per heavy atom. The van der Waals surface area contributed by atoms with E-state index in [0.29, 0.717) is 17.7 Å². The van der Waals surface area contributed by atoms with Gasteiger partial charge in [-0.1, -0.05) is 370 Å². The number of rotatable bonds is 15. The summed E-state index contributed by atoms with van der Waals surface area (Å²) in [6.45, 7) is 0. The van der Waals surface area contributed by atoms with E-state index >= 15 is 0 Å². The zero-order valence-corrected chi connectivity index (χ0v) is 78.3. The van der Waals surface area contributed by atoms with Crippen molar-refractivity contribution in [1.82, 2.24) is 48.2 Å². The van der Waals surface area contributed by atoms with Gasteiger partial charge in [0, 0.05) is 115 Å². The molecule has 28 rings (SSSR count). The molecule has 0 N–H and O–H groups in total. The Balaban J connectivity index is 0.000000110. The van der Waals surface area contributed by atoms with Crippen LogP contribution in [0.2, 0.25) is 0 Å². The number of fused-ring (bicyclic) bond motifs is 15. The third-order valence-electron chi connectivity index (χ3n) is 27.6. The van der Waals surface area contributed by atoms with Crippen LogP contribution in [0, 0.1) is 0 Å². The molecule has 0 aliphatic heterocycles. The van der Waals surface area contributed by atoms with E-state index < -0.39 is 0 Å². The normalized spacial score (nSPS) is 11.5. The van der Waals surface area contributed by atoms with E-state index in [1.54, 1.807) is 0 Å². The number of benzene rings is 20. The molecule has 0 aliphatic rings. The van der Waals surface area contributed by atoms with E-state index in [0.717, 1.165) is 78.3 Å². The van der Waals surface area contributed by atoms with Crippen molar-refractivity contribution in [3.63, 3.8) is 0 Å². The molecule has 20 aromatic carbocycles. The van der Waals surface area contributed by atoms with Gasteiger partial charge in [0.1, 0.15) is 0 Å². The number of hydrogen-bond acceptors (Lipinski definition) is 7. The summed E-state index contributed by atoms with van der Waals surface area (Å²) in [5.41, 5.74) is 35.0. The molecule has 28 aromatic rings. The van der Waals surface area contributed by atoms with Crippen molar-refractivity contribution in [3.8, 4) is 146 Å². The second-order valence-corrected chi connectivity index (χ2v) is 37.1. The summed E-state index contributed by atoms with van der Waals surface area (Å²) < 4.78 is 11.7. The molecule has 0 unspecified atom stereocenters. The van der Waals surface area contributed by atoms with Gasteiger partial charge in [-0.3, -0.25) is 9.13 Å². The van der Waals surface area contributed by atoms with Crippen LogP contribution in [0.5, 0.6) is 0 Å². The average Bonchev–Trinajstić information content (AvgIpc) is 1.57. The quantitative estimate of drug-likeness (QED) is 0.101. The molecule has 11 heteroatoms. The molecule has 8 heterocycles. The molecule has 143 heavy (non-hydrogen) atoms. The van der Waals surface area contributed by atoms with Crippen LogP contribution in [0.15, 0.2) is 522 Å². The number of nitrogens with zero attached hydrogens (tertiary/aromatic N) is 10. The number of hydrogen-bond donors (Lipinski definition) is 0. The minimum atomic E-state index is 0.656. The molecule has 670 valence electrons. The summed E-state index contributed by atoms with van der Waals surface area (Å²) in [5, 5.41) is 12.3. The maximum atomic E-state index is 5.18. The molecule has 0 saturated carbocycles. The van der Waals surface area contributed by atoms with Gasteiger partial charge in [0.25, 0.3) is 0 Å². The van der Waals surface area contributed by atoms with Gasteiger partial charge in [0.05, 0.1) is 61.2 Å². The molecule has 0 amide bonds. The molecule has 0 radical (unpaired) electrons. The Kier molecular flexibility index (Phi) is 21.6. The largest absolute Gasteiger partial charge is 0.309 e. The standard InChI is InChI=1S/C46H30N4.C46H29N3S.C40H27N3/c1-3-11-31(12-4-1)32-19-21-33(22-20-32)41-27-28-47-46(48-41)50-43-18-10-8-16-38(43)40-30-35(24-26-45(40)50)34-23-25-44-39(29-34)37-15-7-9-17-42(37)49(44)36-13-5-2-6-14-36;1-2-10-30(11-3-1)33-12-8-13-34(28-33)31-20-22-32(23-21-31)41-26-27-47-46(48-41)49-42-18-6-4-14-37(42)38-25-24-35(29-43(38)49)36-16-9-17-40-39-15-5-7-19-44(39)50-45(36)40;1-2-9-28(10-3-1)29-17-19-30(20-18-29)32-11-8-12-33(27-32)37-25-26-41-40(42-37)31-21-23-34(24-22-31)43-38-15-6-4-13-35(38)36-14-5-7-16-39(36)43/h1-30H;1-29H;1-27H. The van der Waals surface area contributed by atoms with Gasteiger partial charge in [0.15, 0.2) is 5.82 Å². The summed E-state index contributed by atoms with van der Waals surface area (Å²) in [5.74, 6) is 2.03. The van der Waals surface area contributed by atoms with Gasteiger partial charge < -0.3 is 9.13 Å². The molecule has 0 spiro atoms. The number of thiophene rings is 1. The Hall–Kier alpha value is -18.9. The molecule has 0 atom stereocenters. The van der Waals surface area contributed by atoms with Crippen molar-refractivity contribution in [1.29, 1.82) is 0 Å². The van der Waals surface area contributed by atoms with E-state index in [9.17, 15) is 0 Å². The van der Waals surface area contributed by atoms with Gasteiger partial charge in [-0.15, -0.1) is 11.3 Å². The van der Waals surface area contributed by atoms with Gasteiger partial charge in [-0.05, 0) is 211 Å². The van der Waals surface area contributed by atoms with Gasteiger partial charge in [-0.2, -0.15) is 0 Å². The predicted molar refractivity (Wildman–Crippen MR) is 596 cm³/mol. The minimum Gasteiger partial charge on any atom is -0.309 e. The predicted octanol–water partition coefficient (Wildman–Crippen LogP) is 34.5. The van der Waals surface area contributed by atoms with Crippen LogP contribution >= 0.6 is 11.3 Å². The molecule has 0 saturated heterocycles. The summed E-state index contributed by atoms with van der Waals surface area (Å²) in [6, 6.07) is 178. The van der Waals surface area contributed by atoms with Gasteiger partial charge in [0.2, 0.25) is 11.9 Å². The van der Waals surface area contributed by atoms with Crippen molar-refractivity contribution in [2.24, 2.45) is 0 Å². The first-order valence-electron chi connectivity index (χ1n) is 48.2. The maximum Gasteiger partial charge on any atom is 0.235 e. The van der Waals surface area contributed by atoms with Crippen LogP contribution in [0.25, 0.3) is 254 Å². The highest BCUT2D eigenvalue weighted by Crippen LogP contribution is 2.45. The third-order valence-corrected chi connectivity index (χ3v) is 28.9. The zero-order chi connectivity index (χ0) is 94.6. The average molecular weight is 1840 g/mol. The number of aromatic nitrogens is 10. The highest BCUT2D eigenvalue weighted by Gasteiger charge is 2.23. The first-order valence-corrected chi connectivity index (χ1v) is 49.1. The fourth-order valence-electron chi connectivity index (χ4n) is 20.7. The molecule has 0 bridgehead atoms. The van der Waals surface area contributed by atoms with Crippen LogP contribution in [0.4, 0.5) is 0 Å². The van der Waals surface area contributed by atoms with Crippen LogP contribution in [-0.2, 0) is 0 Å². The van der Waals surface area contributed by atoms with E-state index in [4.69, 9.17) is 24.9 Å². The Bertz CT molecular complexity index is 9630. The first-order chi connectivity index (χ1) is 70.9. The summed E-state index contributed by atoms with van der Waals surface area (Å²) in [4.78, 5) is 29.5. The molecular formula is C132H86N10S. The Labute approximate surface area is 829 Å². The fraction of sp³-hybridized carbons (Fsp3) is 0. The Morgan fingerprint density at radius 2 is 0.469 bits per heavy atom. The Morgan fingerprint density at radius 1 is 0.161 bits per heavy atom. The molecular weight excluding hydrogens is 1760 g/mol. The summed E-state index contributed by atoms with van der Waals surface area (Å²) in [6.07, 6.45) is 5.58. The number of para-hydroxylation sites is 6. The van der Waals surface area contributed by atoms with Crippen molar-refractivity contribution in [3.05, 3.63) is 522 Å². The second kappa shape index (κ2) is 36.5. The maximum absolute atomic E-state index is 5.18. The lowest BCUT2D eigenvalue weighted by atomic mass is 9.98. The topological polar surface area (TPSA) is 97.1 Å². The first kappa shape index (κ1) is 84.6. The zero-order valence-electron chi connectivity index (χ0n) is 77.5. The second-order valence-electron chi connectivity index (χ2n) is 36.0. The monoisotopic (exact) mass is 1840 g/mol. The van der Waals surface area contributed by atoms with Gasteiger partial charge >= 0.3 is 0 Å². The van der Waals surface area contributed by atoms with Gasteiger partial charge in [-0.25, -0.2) is 29.9 Å². The fourth-order valence-corrected chi connectivity index (χ4v) is 21.9. The lowest BCUT2D eigenvalue weighted by molar-refractivity contribution is 0.992. The lowest BCUT2D eigenvalue weighted by Gasteiger charge is -2.10. The van der Waals surface area contributed by atoms with Crippen LogP contribution in [0.3, 0.4) is 0 Å². The smallest absolute Gasteiger partial charge is 0.235 e.